The SMILES string of the molecule is COc1ccccc1CN(CCCCCCN1Cc2ccccc2C1)Cc1ccccn1. The third-order valence-electron chi connectivity index (χ3n) is 6.30. The summed E-state index contributed by atoms with van der Waals surface area (Å²) in [5.74, 6) is 0.963. The van der Waals surface area contributed by atoms with Crippen LogP contribution < -0.4 is 4.74 Å². The maximum absolute atomic E-state index is 5.58. The topological polar surface area (TPSA) is 28.6 Å². The van der Waals surface area contributed by atoms with Crippen LogP contribution in [0.5, 0.6) is 5.75 Å². The van der Waals surface area contributed by atoms with E-state index in [1.54, 1.807) is 7.11 Å². The Hall–Kier alpha value is -2.69. The molecule has 0 unspecified atom stereocenters. The van der Waals surface area contributed by atoms with Gasteiger partial charge in [0.15, 0.2) is 0 Å². The van der Waals surface area contributed by atoms with Crippen molar-refractivity contribution in [1.29, 1.82) is 0 Å². The minimum Gasteiger partial charge on any atom is -0.496 e. The maximum atomic E-state index is 5.58. The van der Waals surface area contributed by atoms with Crippen LogP contribution in [0.15, 0.2) is 72.9 Å². The molecule has 0 spiro atoms. The predicted octanol–water partition coefficient (Wildman–Crippen LogP) is 5.67. The molecule has 0 N–H and O–H groups in total. The van der Waals surface area contributed by atoms with E-state index >= 15 is 0 Å². The highest BCUT2D eigenvalue weighted by molar-refractivity contribution is 5.33. The number of unbranched alkanes of at least 4 members (excludes halogenated alkanes) is 3. The zero-order chi connectivity index (χ0) is 22.0. The van der Waals surface area contributed by atoms with Gasteiger partial charge in [0.2, 0.25) is 0 Å². The number of pyridine rings is 1. The van der Waals surface area contributed by atoms with Crippen molar-refractivity contribution in [1.82, 2.24) is 14.8 Å². The van der Waals surface area contributed by atoms with Crippen LogP contribution in [0.2, 0.25) is 0 Å². The lowest BCUT2D eigenvalue weighted by Gasteiger charge is -2.23. The molecule has 4 heteroatoms. The summed E-state index contributed by atoms with van der Waals surface area (Å²) < 4.78 is 5.58. The van der Waals surface area contributed by atoms with E-state index in [-0.39, 0.29) is 0 Å². The zero-order valence-corrected chi connectivity index (χ0v) is 19.2. The molecule has 3 aromatic rings. The highest BCUT2D eigenvalue weighted by Gasteiger charge is 2.17. The quantitative estimate of drug-likeness (QED) is 0.347. The van der Waals surface area contributed by atoms with E-state index in [1.807, 2.05) is 24.4 Å². The average molecular weight is 430 g/mol. The zero-order valence-electron chi connectivity index (χ0n) is 19.2. The number of rotatable bonds is 12. The summed E-state index contributed by atoms with van der Waals surface area (Å²) >= 11 is 0. The summed E-state index contributed by atoms with van der Waals surface area (Å²) in [4.78, 5) is 9.62. The monoisotopic (exact) mass is 429 g/mol. The van der Waals surface area contributed by atoms with E-state index in [4.69, 9.17) is 4.74 Å². The average Bonchev–Trinajstić information content (AvgIpc) is 3.25. The lowest BCUT2D eigenvalue weighted by Crippen LogP contribution is -2.25. The lowest BCUT2D eigenvalue weighted by molar-refractivity contribution is 0.240. The molecule has 1 aliphatic heterocycles. The first-order valence-electron chi connectivity index (χ1n) is 11.8. The van der Waals surface area contributed by atoms with Gasteiger partial charge in [-0.25, -0.2) is 0 Å². The van der Waals surface area contributed by atoms with Crippen LogP contribution in [0.4, 0.5) is 0 Å². The van der Waals surface area contributed by atoms with Gasteiger partial charge in [-0.3, -0.25) is 14.8 Å². The van der Waals surface area contributed by atoms with Crippen molar-refractivity contribution < 1.29 is 4.74 Å². The van der Waals surface area contributed by atoms with Gasteiger partial charge in [-0.1, -0.05) is 61.4 Å². The van der Waals surface area contributed by atoms with Gasteiger partial charge >= 0.3 is 0 Å². The maximum Gasteiger partial charge on any atom is 0.123 e. The van der Waals surface area contributed by atoms with Crippen molar-refractivity contribution in [3.63, 3.8) is 0 Å². The predicted molar refractivity (Wildman–Crippen MR) is 130 cm³/mol. The molecule has 0 saturated heterocycles. The highest BCUT2D eigenvalue weighted by atomic mass is 16.5. The first-order valence-corrected chi connectivity index (χ1v) is 11.8. The van der Waals surface area contributed by atoms with Crippen molar-refractivity contribution in [2.24, 2.45) is 0 Å². The molecule has 0 saturated carbocycles. The Morgan fingerprint density at radius 3 is 2.28 bits per heavy atom. The highest BCUT2D eigenvalue weighted by Crippen LogP contribution is 2.23. The summed E-state index contributed by atoms with van der Waals surface area (Å²) in [6, 6.07) is 23.4. The van der Waals surface area contributed by atoms with Gasteiger partial charge in [0.05, 0.1) is 12.8 Å². The first-order chi connectivity index (χ1) is 15.8. The Kier molecular flexibility index (Phi) is 8.29. The van der Waals surface area contributed by atoms with Gasteiger partial charge in [-0.05, 0) is 55.3 Å². The number of methoxy groups -OCH3 is 1. The van der Waals surface area contributed by atoms with Crippen molar-refractivity contribution in [2.75, 3.05) is 20.2 Å². The number of hydrogen-bond donors (Lipinski definition) is 0. The van der Waals surface area contributed by atoms with E-state index in [0.29, 0.717) is 0 Å². The van der Waals surface area contributed by atoms with Crippen molar-refractivity contribution in [3.8, 4) is 5.75 Å². The van der Waals surface area contributed by atoms with Crippen LogP contribution in [0.1, 0.15) is 48.1 Å². The van der Waals surface area contributed by atoms with Crippen LogP contribution in [0.3, 0.4) is 0 Å². The Morgan fingerprint density at radius 1 is 0.812 bits per heavy atom. The minimum absolute atomic E-state index is 0.866. The number of para-hydroxylation sites is 1. The molecular formula is C28H35N3O. The van der Waals surface area contributed by atoms with Gasteiger partial charge in [0.1, 0.15) is 5.75 Å². The van der Waals surface area contributed by atoms with Gasteiger partial charge in [-0.2, -0.15) is 0 Å². The fourth-order valence-corrected chi connectivity index (χ4v) is 4.60. The molecule has 0 amide bonds. The molecule has 0 atom stereocenters. The van der Waals surface area contributed by atoms with Crippen LogP contribution in [-0.2, 0) is 26.2 Å². The molecule has 0 radical (unpaired) electrons. The fraction of sp³-hybridized carbons (Fsp3) is 0.393. The Balaban J connectivity index is 1.22. The smallest absolute Gasteiger partial charge is 0.123 e. The molecule has 0 fully saturated rings. The molecule has 32 heavy (non-hydrogen) atoms. The van der Waals surface area contributed by atoms with Gasteiger partial charge in [-0.15, -0.1) is 0 Å². The van der Waals surface area contributed by atoms with E-state index in [1.165, 1.54) is 48.9 Å². The molecular weight excluding hydrogens is 394 g/mol. The Bertz CT molecular complexity index is 935. The molecule has 2 aromatic carbocycles. The third kappa shape index (κ3) is 6.41. The Morgan fingerprint density at radius 2 is 1.53 bits per heavy atom. The molecule has 0 bridgehead atoms. The summed E-state index contributed by atoms with van der Waals surface area (Å²) in [6.45, 7) is 6.26. The number of nitrogens with zero attached hydrogens (tertiary/aromatic N) is 3. The first kappa shape index (κ1) is 22.5. The van der Waals surface area contributed by atoms with E-state index in [9.17, 15) is 0 Å². The summed E-state index contributed by atoms with van der Waals surface area (Å²) in [6.07, 6.45) is 6.93. The molecule has 4 nitrogen and oxygen atoms in total. The summed E-state index contributed by atoms with van der Waals surface area (Å²) in [5, 5.41) is 0. The number of hydrogen-bond acceptors (Lipinski definition) is 4. The number of ether oxygens (including phenoxy) is 1. The van der Waals surface area contributed by atoms with Gasteiger partial charge < -0.3 is 4.74 Å². The van der Waals surface area contributed by atoms with E-state index in [2.05, 4.69) is 63.3 Å². The van der Waals surface area contributed by atoms with Crippen LogP contribution in [-0.4, -0.2) is 35.0 Å². The molecule has 4 rings (SSSR count). The van der Waals surface area contributed by atoms with Crippen molar-refractivity contribution in [2.45, 2.75) is 51.9 Å². The third-order valence-corrected chi connectivity index (χ3v) is 6.30. The molecule has 1 aromatic heterocycles. The minimum atomic E-state index is 0.866. The second-order valence-electron chi connectivity index (χ2n) is 8.74. The van der Waals surface area contributed by atoms with Crippen LogP contribution in [0, 0.1) is 0 Å². The summed E-state index contributed by atoms with van der Waals surface area (Å²) in [7, 11) is 1.75. The molecule has 168 valence electrons. The second kappa shape index (κ2) is 11.8. The fourth-order valence-electron chi connectivity index (χ4n) is 4.60. The standard InChI is InChI=1S/C28H35N3O/c1-32-28-16-7-6-14-26(28)22-31(23-27-15-8-9-17-29-27)19-11-3-2-10-18-30-20-24-12-4-5-13-25(24)21-30/h4-9,12-17H,2-3,10-11,18-23H2,1H3. The van der Waals surface area contributed by atoms with Crippen LogP contribution >= 0.6 is 0 Å². The second-order valence-corrected chi connectivity index (χ2v) is 8.74. The van der Waals surface area contributed by atoms with Crippen molar-refractivity contribution in [3.05, 3.63) is 95.3 Å². The molecule has 2 heterocycles. The molecule has 1 aliphatic rings. The summed E-state index contributed by atoms with van der Waals surface area (Å²) in [5.41, 5.74) is 5.37. The lowest BCUT2D eigenvalue weighted by atomic mass is 10.1. The van der Waals surface area contributed by atoms with Gasteiger partial charge in [0, 0.05) is 37.9 Å². The van der Waals surface area contributed by atoms with E-state index in [0.717, 1.165) is 44.2 Å². The Labute approximate surface area is 192 Å². The van der Waals surface area contributed by atoms with Crippen LogP contribution in [0.25, 0.3) is 0 Å². The number of aromatic nitrogens is 1. The van der Waals surface area contributed by atoms with Gasteiger partial charge in [0.25, 0.3) is 0 Å². The molecule has 0 aliphatic carbocycles. The van der Waals surface area contributed by atoms with E-state index < -0.39 is 0 Å². The number of benzene rings is 2. The number of fused-ring (bicyclic) bond motifs is 1. The largest absolute Gasteiger partial charge is 0.496 e. The normalized spacial score (nSPS) is 13.4. The van der Waals surface area contributed by atoms with Crippen molar-refractivity contribution >= 4 is 0 Å².